The van der Waals surface area contributed by atoms with E-state index in [2.05, 4.69) is 15.9 Å². The number of amides is 2. The van der Waals surface area contributed by atoms with Crippen molar-refractivity contribution in [3.8, 4) is 0 Å². The molecule has 3 rings (SSSR count). The van der Waals surface area contributed by atoms with Gasteiger partial charge in [-0.2, -0.15) is 0 Å². The van der Waals surface area contributed by atoms with Gasteiger partial charge in [-0.1, -0.05) is 23.1 Å². The Morgan fingerprint density at radius 3 is 2.62 bits per heavy atom. The van der Waals surface area contributed by atoms with Crippen LogP contribution in [0, 0.1) is 6.92 Å². The molecule has 3 heterocycles. The Morgan fingerprint density at radius 2 is 2.12 bits per heavy atom. The molecule has 0 bridgehead atoms. The first-order valence-corrected chi connectivity index (χ1v) is 9.72. The average molecular weight is 388 g/mol. The van der Waals surface area contributed by atoms with Crippen molar-refractivity contribution in [2.45, 2.75) is 30.0 Å². The van der Waals surface area contributed by atoms with Crippen LogP contribution in [0.5, 0.6) is 0 Å². The second kappa shape index (κ2) is 7.99. The van der Waals surface area contributed by atoms with E-state index in [0.29, 0.717) is 17.9 Å². The zero-order valence-electron chi connectivity index (χ0n) is 13.0. The van der Waals surface area contributed by atoms with E-state index >= 15 is 0 Å². The molecule has 0 radical (unpaired) electrons. The van der Waals surface area contributed by atoms with Crippen LogP contribution in [0.15, 0.2) is 15.6 Å². The second-order valence-electron chi connectivity index (χ2n) is 4.98. The van der Waals surface area contributed by atoms with Gasteiger partial charge in [-0.05, 0) is 12.5 Å². The summed E-state index contributed by atoms with van der Waals surface area (Å²) in [5, 5.41) is 18.2. The van der Waals surface area contributed by atoms with Crippen LogP contribution in [0.3, 0.4) is 0 Å². The highest BCUT2D eigenvalue weighted by Gasteiger charge is 2.45. The maximum atomic E-state index is 11.6. The smallest absolute Gasteiger partial charge is 0.352 e. The first-order chi connectivity index (χ1) is 11.3. The summed E-state index contributed by atoms with van der Waals surface area (Å²) in [5.41, 5.74) is 5.42. The molecule has 0 aliphatic carbocycles. The minimum atomic E-state index is -1.02. The fourth-order valence-corrected chi connectivity index (χ4v) is 5.29. The van der Waals surface area contributed by atoms with E-state index in [4.69, 9.17) is 0 Å². The van der Waals surface area contributed by atoms with Gasteiger partial charge in [-0.25, -0.2) is 4.79 Å². The Bertz CT molecular complexity index is 699. The number of thioether (sulfide) groups is 2. The van der Waals surface area contributed by atoms with Crippen LogP contribution in [0.1, 0.15) is 18.4 Å². The number of aliphatic carboxylic acids is 1. The van der Waals surface area contributed by atoms with E-state index < -0.39 is 5.97 Å². The van der Waals surface area contributed by atoms with Crippen molar-refractivity contribution >= 4 is 52.6 Å². The minimum Gasteiger partial charge on any atom is -0.477 e. The number of β-lactam (4-membered cyclic amide) rings is 1. The number of carbonyl (C=O) groups excluding carboxylic acids is 2. The number of hydrogen-bond acceptors (Lipinski definition) is 8. The molecule has 130 valence electrons. The number of primary amides is 1. The number of hydrogen-bond donors (Lipinski definition) is 2. The topological polar surface area (TPSA) is 126 Å². The number of carboxylic acid groups (broad SMARTS) is 1. The van der Waals surface area contributed by atoms with E-state index in [0.717, 1.165) is 14.9 Å². The summed E-state index contributed by atoms with van der Waals surface area (Å²) in [6.45, 7) is 3.18. The Hall–Kier alpha value is -1.59. The molecule has 0 unspecified atom stereocenters. The summed E-state index contributed by atoms with van der Waals surface area (Å²) in [5.74, 6) is -0.276. The number of nitrogens with two attached hydrogens (primary N) is 1. The third-order valence-electron chi connectivity index (χ3n) is 3.01. The van der Waals surface area contributed by atoms with Crippen LogP contribution in [-0.2, 0) is 14.4 Å². The maximum Gasteiger partial charge on any atom is 0.352 e. The van der Waals surface area contributed by atoms with E-state index in [1.165, 1.54) is 34.9 Å². The molecule has 0 saturated carbocycles. The van der Waals surface area contributed by atoms with Gasteiger partial charge in [0.1, 0.15) is 10.7 Å². The largest absolute Gasteiger partial charge is 0.477 e. The molecule has 2 amide bonds. The third kappa shape index (κ3) is 4.48. The highest BCUT2D eigenvalue weighted by molar-refractivity contribution is 8.01. The average Bonchev–Trinajstić information content (AvgIpc) is 2.89. The minimum absolute atomic E-state index is 0.00567. The third-order valence-corrected chi connectivity index (χ3v) is 6.35. The Morgan fingerprint density at radius 1 is 1.46 bits per heavy atom. The predicted octanol–water partition coefficient (Wildman–Crippen LogP) is 1.07. The van der Waals surface area contributed by atoms with E-state index in [9.17, 15) is 19.5 Å². The Balaban J connectivity index is 0.000000471. The first kappa shape index (κ1) is 18.7. The molecule has 1 aromatic heterocycles. The standard InChI is InChI=1S/C11H11N3O3S3.C2H5NO/c1-5-12-13-11(20-5)19-4-6-3-18-8-2-7(15)14(8)9(6)10(16)17;1-2(3)4/h8H,2-4H2,1H3,(H,16,17);1H3,(H2,3,4)/t8-;/m1./s1. The van der Waals surface area contributed by atoms with Crippen LogP contribution >= 0.6 is 34.9 Å². The molecular formula is C13H16N4O4S3. The number of aromatic nitrogens is 2. The summed E-state index contributed by atoms with van der Waals surface area (Å²) in [7, 11) is 0. The highest BCUT2D eigenvalue weighted by Crippen LogP contribution is 2.41. The molecule has 0 spiro atoms. The van der Waals surface area contributed by atoms with Crippen molar-refractivity contribution in [2.75, 3.05) is 11.5 Å². The van der Waals surface area contributed by atoms with Gasteiger partial charge in [-0.15, -0.1) is 22.0 Å². The van der Waals surface area contributed by atoms with Gasteiger partial charge in [0.2, 0.25) is 11.8 Å². The normalized spacial score (nSPS) is 19.2. The van der Waals surface area contributed by atoms with Crippen LogP contribution in [0.2, 0.25) is 0 Å². The van der Waals surface area contributed by atoms with E-state index in [1.807, 2.05) is 6.92 Å². The lowest BCUT2D eigenvalue weighted by Gasteiger charge is -2.43. The van der Waals surface area contributed by atoms with Gasteiger partial charge in [0.25, 0.3) is 0 Å². The molecule has 2 aliphatic rings. The molecule has 1 atom stereocenters. The molecule has 1 saturated heterocycles. The molecule has 0 aromatic carbocycles. The van der Waals surface area contributed by atoms with Gasteiger partial charge in [0, 0.05) is 18.4 Å². The SMILES string of the molecule is CC(N)=O.Cc1nnc(SCC2=C(C(=O)O)N3C(=O)C[C@H]3SC2)s1. The van der Waals surface area contributed by atoms with Gasteiger partial charge in [0.05, 0.1) is 11.8 Å². The summed E-state index contributed by atoms with van der Waals surface area (Å²) in [4.78, 5) is 33.6. The number of rotatable bonds is 4. The van der Waals surface area contributed by atoms with Gasteiger partial charge < -0.3 is 10.8 Å². The van der Waals surface area contributed by atoms with Gasteiger partial charge >= 0.3 is 5.97 Å². The van der Waals surface area contributed by atoms with E-state index in [-0.39, 0.29) is 22.9 Å². The summed E-state index contributed by atoms with van der Waals surface area (Å²) < 4.78 is 0.821. The molecule has 11 heteroatoms. The monoisotopic (exact) mass is 388 g/mol. The van der Waals surface area contributed by atoms with Gasteiger partial charge in [-0.3, -0.25) is 14.5 Å². The maximum absolute atomic E-state index is 11.6. The van der Waals surface area contributed by atoms with Crippen molar-refractivity contribution in [3.63, 3.8) is 0 Å². The van der Waals surface area contributed by atoms with Crippen molar-refractivity contribution in [3.05, 3.63) is 16.3 Å². The van der Waals surface area contributed by atoms with Crippen molar-refractivity contribution in [1.82, 2.24) is 15.1 Å². The number of fused-ring (bicyclic) bond motifs is 1. The molecule has 2 aliphatic heterocycles. The highest BCUT2D eigenvalue weighted by atomic mass is 32.2. The zero-order valence-corrected chi connectivity index (χ0v) is 15.5. The Kier molecular flexibility index (Phi) is 6.24. The fourth-order valence-electron chi connectivity index (χ4n) is 2.07. The molecule has 1 fully saturated rings. The molecule has 3 N–H and O–H groups in total. The van der Waals surface area contributed by atoms with Crippen LogP contribution in [0.25, 0.3) is 0 Å². The lowest BCUT2D eigenvalue weighted by atomic mass is 10.1. The zero-order chi connectivity index (χ0) is 17.9. The lowest BCUT2D eigenvalue weighted by Crippen LogP contribution is -2.54. The van der Waals surface area contributed by atoms with Crippen LogP contribution in [-0.4, -0.2) is 54.9 Å². The second-order valence-corrected chi connectivity index (χ2v) is 8.55. The van der Waals surface area contributed by atoms with Crippen molar-refractivity contribution in [2.24, 2.45) is 5.73 Å². The summed E-state index contributed by atoms with van der Waals surface area (Å²) in [6, 6.07) is 0. The quantitative estimate of drug-likeness (QED) is 0.579. The van der Waals surface area contributed by atoms with Crippen LogP contribution < -0.4 is 5.73 Å². The molecule has 1 aromatic rings. The fraction of sp³-hybridized carbons (Fsp3) is 0.462. The van der Waals surface area contributed by atoms with E-state index in [1.54, 1.807) is 11.8 Å². The summed E-state index contributed by atoms with van der Waals surface area (Å²) >= 11 is 4.58. The summed E-state index contributed by atoms with van der Waals surface area (Å²) in [6.07, 6.45) is 0.442. The number of aryl methyl sites for hydroxylation is 1. The number of nitrogens with zero attached hydrogens (tertiary/aromatic N) is 3. The lowest BCUT2D eigenvalue weighted by molar-refractivity contribution is -0.146. The van der Waals surface area contributed by atoms with Crippen molar-refractivity contribution < 1.29 is 19.5 Å². The van der Waals surface area contributed by atoms with Crippen LogP contribution in [0.4, 0.5) is 0 Å². The van der Waals surface area contributed by atoms with Gasteiger partial charge in [0.15, 0.2) is 4.34 Å². The Labute approximate surface area is 150 Å². The number of carbonyl (C=O) groups is 3. The number of carboxylic acids is 1. The molecular weight excluding hydrogens is 372 g/mol. The molecule has 8 nitrogen and oxygen atoms in total. The first-order valence-electron chi connectivity index (χ1n) is 6.87. The molecule has 24 heavy (non-hydrogen) atoms. The predicted molar refractivity (Wildman–Crippen MR) is 92.6 cm³/mol. The van der Waals surface area contributed by atoms with Crippen molar-refractivity contribution in [1.29, 1.82) is 0 Å².